The van der Waals surface area contributed by atoms with Crippen molar-refractivity contribution in [2.75, 3.05) is 6.61 Å². The van der Waals surface area contributed by atoms with Crippen molar-refractivity contribution in [1.82, 2.24) is 5.06 Å². The zero-order valence-corrected chi connectivity index (χ0v) is 12.6. The molecule has 1 aliphatic heterocycles. The van der Waals surface area contributed by atoms with Crippen LogP contribution in [0, 0.1) is 0 Å². The first-order valence-corrected chi connectivity index (χ1v) is 6.99. The molecule has 0 saturated heterocycles. The lowest BCUT2D eigenvalue weighted by Gasteiger charge is -2.41. The molecule has 1 aromatic rings. The highest BCUT2D eigenvalue weighted by molar-refractivity contribution is 5.42. The van der Waals surface area contributed by atoms with E-state index < -0.39 is 0 Å². The number of benzene rings is 1. The van der Waals surface area contributed by atoms with Crippen molar-refractivity contribution in [2.24, 2.45) is 0 Å². The van der Waals surface area contributed by atoms with E-state index in [1.807, 2.05) is 6.92 Å². The van der Waals surface area contributed by atoms with Crippen molar-refractivity contribution >= 4 is 0 Å². The summed E-state index contributed by atoms with van der Waals surface area (Å²) in [5.41, 5.74) is 2.31. The van der Waals surface area contributed by atoms with Crippen LogP contribution in [-0.4, -0.2) is 22.9 Å². The number of aliphatic hydroxyl groups is 1. The van der Waals surface area contributed by atoms with E-state index in [2.05, 4.69) is 57.0 Å². The summed E-state index contributed by atoms with van der Waals surface area (Å²) in [6, 6.07) is 8.52. The Morgan fingerprint density at radius 3 is 2.00 bits per heavy atom. The molecule has 1 aliphatic rings. The molecule has 2 rings (SSSR count). The molecule has 1 N–H and O–H groups in total. The van der Waals surface area contributed by atoms with E-state index in [1.54, 1.807) is 0 Å². The maximum absolute atomic E-state index is 9.05. The molecule has 1 aromatic carbocycles. The summed E-state index contributed by atoms with van der Waals surface area (Å²) in [7, 11) is 0. The highest BCUT2D eigenvalue weighted by Gasteiger charge is 2.50. The Kier molecular flexibility index (Phi) is 3.74. The lowest BCUT2D eigenvalue weighted by molar-refractivity contribution is -0.285. The Morgan fingerprint density at radius 1 is 1.11 bits per heavy atom. The van der Waals surface area contributed by atoms with Crippen LogP contribution in [0.2, 0.25) is 0 Å². The van der Waals surface area contributed by atoms with Gasteiger partial charge in [0.2, 0.25) is 0 Å². The molecule has 19 heavy (non-hydrogen) atoms. The molecule has 3 nitrogen and oxygen atoms in total. The van der Waals surface area contributed by atoms with E-state index in [-0.39, 0.29) is 23.8 Å². The lowest BCUT2D eigenvalue weighted by atomic mass is 9.91. The third-order valence-corrected chi connectivity index (χ3v) is 4.08. The van der Waals surface area contributed by atoms with E-state index >= 15 is 0 Å². The number of hydrogen-bond donors (Lipinski definition) is 1. The molecule has 0 aromatic heterocycles. The Hall–Kier alpha value is -0.900. The van der Waals surface area contributed by atoms with E-state index in [0.717, 1.165) is 0 Å². The minimum atomic E-state index is -0.163. The first-order chi connectivity index (χ1) is 8.81. The van der Waals surface area contributed by atoms with Crippen molar-refractivity contribution in [3.63, 3.8) is 0 Å². The Bertz CT molecular complexity index is 419. The summed E-state index contributed by atoms with van der Waals surface area (Å²) in [5.74, 6) is 0. The fourth-order valence-corrected chi connectivity index (χ4v) is 3.15. The summed E-state index contributed by atoms with van der Waals surface area (Å²) >= 11 is 0. The zero-order chi connectivity index (χ0) is 14.3. The SMILES string of the molecule is CC(CCO)ON1C(C)(C)c2ccccc2C1(C)C. The van der Waals surface area contributed by atoms with Crippen LogP contribution in [0.5, 0.6) is 0 Å². The molecule has 0 aliphatic carbocycles. The summed E-state index contributed by atoms with van der Waals surface area (Å²) in [5, 5.41) is 11.1. The second-order valence-electron chi connectivity index (χ2n) is 6.39. The van der Waals surface area contributed by atoms with Gasteiger partial charge in [0.1, 0.15) is 0 Å². The Labute approximate surface area is 116 Å². The number of hydrogen-bond acceptors (Lipinski definition) is 3. The highest BCUT2D eigenvalue weighted by atomic mass is 16.7. The standard InChI is InChI=1S/C16H25NO2/c1-12(10-11-18)19-17-15(2,3)13-8-6-7-9-14(13)16(17,4)5/h6-9,12,18H,10-11H2,1-5H3. The predicted octanol–water partition coefficient (Wildman–Crippen LogP) is 3.17. The van der Waals surface area contributed by atoms with Gasteiger partial charge in [-0.2, -0.15) is 5.06 Å². The average molecular weight is 263 g/mol. The number of hydroxylamine groups is 2. The van der Waals surface area contributed by atoms with Gasteiger partial charge in [0, 0.05) is 6.61 Å². The van der Waals surface area contributed by atoms with Crippen molar-refractivity contribution < 1.29 is 9.94 Å². The molecule has 3 heteroatoms. The number of aliphatic hydroxyl groups excluding tert-OH is 1. The highest BCUT2D eigenvalue weighted by Crippen LogP contribution is 2.49. The van der Waals surface area contributed by atoms with Crippen molar-refractivity contribution in [1.29, 1.82) is 0 Å². The summed E-state index contributed by atoms with van der Waals surface area (Å²) in [6.07, 6.45) is 0.664. The van der Waals surface area contributed by atoms with E-state index in [4.69, 9.17) is 9.94 Å². The van der Waals surface area contributed by atoms with Crippen LogP contribution in [0.3, 0.4) is 0 Å². The molecule has 1 heterocycles. The minimum absolute atomic E-state index is 0.0119. The quantitative estimate of drug-likeness (QED) is 0.905. The molecule has 106 valence electrons. The van der Waals surface area contributed by atoms with Gasteiger partial charge in [-0.25, -0.2) is 0 Å². The van der Waals surface area contributed by atoms with Gasteiger partial charge in [0.15, 0.2) is 0 Å². The van der Waals surface area contributed by atoms with Gasteiger partial charge in [0.05, 0.1) is 17.2 Å². The van der Waals surface area contributed by atoms with Crippen LogP contribution >= 0.6 is 0 Å². The normalized spacial score (nSPS) is 22.2. The molecule has 1 atom stereocenters. The fraction of sp³-hybridized carbons (Fsp3) is 0.625. The number of nitrogens with zero attached hydrogens (tertiary/aromatic N) is 1. The molecule has 0 saturated carbocycles. The van der Waals surface area contributed by atoms with Gasteiger partial charge >= 0.3 is 0 Å². The smallest absolute Gasteiger partial charge is 0.0787 e. The number of fused-ring (bicyclic) bond motifs is 1. The van der Waals surface area contributed by atoms with Gasteiger partial charge in [-0.1, -0.05) is 24.3 Å². The van der Waals surface area contributed by atoms with Gasteiger partial charge in [-0.05, 0) is 52.2 Å². The van der Waals surface area contributed by atoms with Crippen LogP contribution in [0.15, 0.2) is 24.3 Å². The van der Waals surface area contributed by atoms with Crippen LogP contribution in [0.1, 0.15) is 52.2 Å². The second kappa shape index (κ2) is 4.89. The van der Waals surface area contributed by atoms with Crippen molar-refractivity contribution in [3.05, 3.63) is 35.4 Å². The van der Waals surface area contributed by atoms with E-state index in [0.29, 0.717) is 6.42 Å². The van der Waals surface area contributed by atoms with Crippen LogP contribution in [0.4, 0.5) is 0 Å². The first kappa shape index (κ1) is 14.5. The van der Waals surface area contributed by atoms with Gasteiger partial charge in [-0.3, -0.25) is 4.84 Å². The molecular weight excluding hydrogens is 238 g/mol. The number of rotatable bonds is 4. The summed E-state index contributed by atoms with van der Waals surface area (Å²) < 4.78 is 0. The maximum atomic E-state index is 9.05. The van der Waals surface area contributed by atoms with Crippen LogP contribution < -0.4 is 0 Å². The second-order valence-corrected chi connectivity index (χ2v) is 6.39. The molecule has 0 spiro atoms. The third-order valence-electron chi connectivity index (χ3n) is 4.08. The molecule has 0 radical (unpaired) electrons. The summed E-state index contributed by atoms with van der Waals surface area (Å²) in [4.78, 5) is 6.14. The molecule has 0 fully saturated rings. The van der Waals surface area contributed by atoms with Gasteiger partial charge in [0.25, 0.3) is 0 Å². The minimum Gasteiger partial charge on any atom is -0.396 e. The van der Waals surface area contributed by atoms with E-state index in [1.165, 1.54) is 11.1 Å². The Morgan fingerprint density at radius 2 is 1.58 bits per heavy atom. The first-order valence-electron chi connectivity index (χ1n) is 6.99. The van der Waals surface area contributed by atoms with Gasteiger partial charge in [-0.15, -0.1) is 0 Å². The average Bonchev–Trinajstić information content (AvgIpc) is 2.49. The predicted molar refractivity (Wildman–Crippen MR) is 76.6 cm³/mol. The lowest BCUT2D eigenvalue weighted by Crippen LogP contribution is -2.47. The van der Waals surface area contributed by atoms with Crippen LogP contribution in [0.25, 0.3) is 0 Å². The van der Waals surface area contributed by atoms with Gasteiger partial charge < -0.3 is 5.11 Å². The Balaban J connectivity index is 2.36. The third kappa shape index (κ3) is 2.31. The van der Waals surface area contributed by atoms with Crippen molar-refractivity contribution in [3.8, 4) is 0 Å². The molecule has 0 amide bonds. The molecule has 1 unspecified atom stereocenters. The van der Waals surface area contributed by atoms with Crippen LogP contribution in [-0.2, 0) is 15.9 Å². The topological polar surface area (TPSA) is 32.7 Å². The van der Waals surface area contributed by atoms with Crippen molar-refractivity contribution in [2.45, 2.75) is 58.2 Å². The summed E-state index contributed by atoms with van der Waals surface area (Å²) in [6.45, 7) is 10.9. The zero-order valence-electron chi connectivity index (χ0n) is 12.6. The maximum Gasteiger partial charge on any atom is 0.0787 e. The van der Waals surface area contributed by atoms with E-state index in [9.17, 15) is 0 Å². The molecule has 0 bridgehead atoms. The molecular formula is C16H25NO2. The largest absolute Gasteiger partial charge is 0.396 e. The fourth-order valence-electron chi connectivity index (χ4n) is 3.15. The monoisotopic (exact) mass is 263 g/mol.